The van der Waals surface area contributed by atoms with E-state index in [4.69, 9.17) is 9.26 Å². The molecule has 9 heteroatoms. The van der Waals surface area contributed by atoms with Crippen LogP contribution in [0.5, 0.6) is 0 Å². The molecular formula is C19H24N4O4S. The number of carbonyl (C=O) groups excluding carboxylic acids is 1. The number of amides is 1. The van der Waals surface area contributed by atoms with Crippen LogP contribution in [0.4, 0.5) is 5.82 Å². The molecule has 0 unspecified atom stereocenters. The van der Waals surface area contributed by atoms with E-state index in [1.807, 2.05) is 0 Å². The van der Waals surface area contributed by atoms with E-state index in [1.165, 1.54) is 11.8 Å². The Morgan fingerprint density at radius 1 is 1.36 bits per heavy atom. The second-order valence-electron chi connectivity index (χ2n) is 7.24. The van der Waals surface area contributed by atoms with Gasteiger partial charge in [0, 0.05) is 23.9 Å². The van der Waals surface area contributed by atoms with Gasteiger partial charge in [-0.15, -0.1) is 0 Å². The maximum absolute atomic E-state index is 12.7. The van der Waals surface area contributed by atoms with E-state index in [2.05, 4.69) is 15.5 Å². The number of nitrogens with one attached hydrogen (secondary N) is 1. The number of aryl methyl sites for hydroxylation is 1. The van der Waals surface area contributed by atoms with Crippen LogP contribution in [0, 0.1) is 6.92 Å². The van der Waals surface area contributed by atoms with E-state index in [9.17, 15) is 9.59 Å². The van der Waals surface area contributed by atoms with Gasteiger partial charge in [-0.25, -0.2) is 4.79 Å². The third-order valence-electron chi connectivity index (χ3n) is 5.10. The fourth-order valence-corrected chi connectivity index (χ4v) is 4.66. The summed E-state index contributed by atoms with van der Waals surface area (Å²) in [6.07, 6.45) is 6.03. The lowest BCUT2D eigenvalue weighted by Gasteiger charge is -2.24. The van der Waals surface area contributed by atoms with Crippen molar-refractivity contribution in [3.05, 3.63) is 33.6 Å². The summed E-state index contributed by atoms with van der Waals surface area (Å²) in [6.45, 7) is 3.10. The molecular weight excluding hydrogens is 380 g/mol. The van der Waals surface area contributed by atoms with Crippen LogP contribution in [0.3, 0.4) is 0 Å². The quantitative estimate of drug-likeness (QED) is 0.583. The molecule has 0 aromatic carbocycles. The largest absolute Gasteiger partial charge is 0.376 e. The highest BCUT2D eigenvalue weighted by molar-refractivity contribution is 8.00. The molecule has 3 heterocycles. The molecule has 1 saturated heterocycles. The molecule has 2 aromatic heterocycles. The number of rotatable bonds is 6. The van der Waals surface area contributed by atoms with Crippen molar-refractivity contribution in [1.82, 2.24) is 14.7 Å². The topological polar surface area (TPSA) is 99.2 Å². The first-order chi connectivity index (χ1) is 13.6. The molecule has 0 radical (unpaired) electrons. The van der Waals surface area contributed by atoms with Crippen LogP contribution in [0.1, 0.15) is 42.7 Å². The number of fused-ring (bicyclic) bond motifs is 1. The van der Waals surface area contributed by atoms with Gasteiger partial charge < -0.3 is 14.6 Å². The number of hydrogen-bond donors (Lipinski definition) is 1. The number of nitrogens with zero attached hydrogens (tertiary/aromatic N) is 3. The molecule has 28 heavy (non-hydrogen) atoms. The summed E-state index contributed by atoms with van der Waals surface area (Å²) < 4.78 is 12.5. The first-order valence-electron chi connectivity index (χ1n) is 9.70. The van der Waals surface area contributed by atoms with Gasteiger partial charge in [0.1, 0.15) is 10.8 Å². The van der Waals surface area contributed by atoms with E-state index in [0.29, 0.717) is 23.1 Å². The fourth-order valence-electron chi connectivity index (χ4n) is 3.79. The summed E-state index contributed by atoms with van der Waals surface area (Å²) >= 11 is 1.31. The SMILES string of the molecule is Cc1cc(NC(=O)CSc2nc(=O)n(C[C@@H]3CCCO3)c3c2CCCC3)no1. The van der Waals surface area contributed by atoms with Crippen molar-refractivity contribution >= 4 is 23.5 Å². The van der Waals surface area contributed by atoms with Gasteiger partial charge >= 0.3 is 5.69 Å². The van der Waals surface area contributed by atoms with Crippen molar-refractivity contribution < 1.29 is 14.1 Å². The second kappa shape index (κ2) is 8.48. The summed E-state index contributed by atoms with van der Waals surface area (Å²) in [7, 11) is 0. The molecule has 150 valence electrons. The normalized spacial score (nSPS) is 18.8. The average molecular weight is 404 g/mol. The number of anilines is 1. The third kappa shape index (κ3) is 4.30. The molecule has 1 N–H and O–H groups in total. The Bertz CT molecular complexity index is 917. The minimum Gasteiger partial charge on any atom is -0.376 e. The van der Waals surface area contributed by atoms with Gasteiger partial charge in [0.2, 0.25) is 5.91 Å². The molecule has 0 spiro atoms. The van der Waals surface area contributed by atoms with Crippen LogP contribution in [-0.4, -0.2) is 39.1 Å². The van der Waals surface area contributed by atoms with Gasteiger partial charge in [0.05, 0.1) is 18.4 Å². The van der Waals surface area contributed by atoms with Crippen LogP contribution in [0.15, 0.2) is 20.4 Å². The Morgan fingerprint density at radius 2 is 2.21 bits per heavy atom. The summed E-state index contributed by atoms with van der Waals surface area (Å²) in [5.41, 5.74) is 1.93. The zero-order chi connectivity index (χ0) is 19.5. The van der Waals surface area contributed by atoms with Crippen molar-refractivity contribution in [2.75, 3.05) is 17.7 Å². The summed E-state index contributed by atoms with van der Waals surface area (Å²) in [5, 5.41) is 7.13. The standard InChI is InChI=1S/C19H24N4O4S/c1-12-9-16(22-27-12)20-17(24)11-28-18-14-6-2-3-7-15(14)23(19(25)21-18)10-13-5-4-8-26-13/h9,13H,2-8,10-11H2,1H3,(H,20,22,24)/t13-/m0/s1. The molecule has 4 rings (SSSR count). The summed E-state index contributed by atoms with van der Waals surface area (Å²) in [6, 6.07) is 1.66. The molecule has 1 atom stereocenters. The molecule has 1 fully saturated rings. The molecule has 2 aromatic rings. The smallest absolute Gasteiger partial charge is 0.348 e. The Morgan fingerprint density at radius 3 is 2.96 bits per heavy atom. The van der Waals surface area contributed by atoms with Crippen molar-refractivity contribution in [3.8, 4) is 0 Å². The zero-order valence-electron chi connectivity index (χ0n) is 15.9. The van der Waals surface area contributed by atoms with Crippen LogP contribution in [0.25, 0.3) is 0 Å². The van der Waals surface area contributed by atoms with E-state index in [1.54, 1.807) is 17.6 Å². The minimum atomic E-state index is -0.244. The number of ether oxygens (including phenoxy) is 1. The van der Waals surface area contributed by atoms with Gasteiger partial charge in [-0.05, 0) is 45.4 Å². The lowest BCUT2D eigenvalue weighted by molar-refractivity contribution is -0.113. The van der Waals surface area contributed by atoms with Crippen LogP contribution >= 0.6 is 11.8 Å². The number of aromatic nitrogens is 3. The van der Waals surface area contributed by atoms with Crippen molar-refractivity contribution in [1.29, 1.82) is 0 Å². The molecule has 1 amide bonds. The van der Waals surface area contributed by atoms with Crippen LogP contribution in [-0.2, 0) is 28.9 Å². The first kappa shape index (κ1) is 19.2. The first-order valence-corrected chi connectivity index (χ1v) is 10.7. The van der Waals surface area contributed by atoms with Crippen molar-refractivity contribution in [3.63, 3.8) is 0 Å². The maximum atomic E-state index is 12.7. The zero-order valence-corrected chi connectivity index (χ0v) is 16.7. The summed E-state index contributed by atoms with van der Waals surface area (Å²) in [5.74, 6) is 0.993. The van der Waals surface area contributed by atoms with Gasteiger partial charge in [-0.3, -0.25) is 9.36 Å². The lowest BCUT2D eigenvalue weighted by Crippen LogP contribution is -2.34. The minimum absolute atomic E-state index is 0.0979. The van der Waals surface area contributed by atoms with Gasteiger partial charge in [0.15, 0.2) is 5.82 Å². The predicted molar refractivity (Wildman–Crippen MR) is 105 cm³/mol. The predicted octanol–water partition coefficient (Wildman–Crippen LogP) is 2.33. The van der Waals surface area contributed by atoms with Gasteiger partial charge in [-0.2, -0.15) is 4.98 Å². The van der Waals surface area contributed by atoms with Gasteiger partial charge in [0.25, 0.3) is 0 Å². The van der Waals surface area contributed by atoms with E-state index < -0.39 is 0 Å². The van der Waals surface area contributed by atoms with Crippen molar-refractivity contribution in [2.45, 2.75) is 63.1 Å². The molecule has 1 aliphatic carbocycles. The molecule has 0 bridgehead atoms. The second-order valence-corrected chi connectivity index (χ2v) is 8.20. The Labute approximate surface area is 167 Å². The molecule has 1 aliphatic heterocycles. The van der Waals surface area contributed by atoms with E-state index in [-0.39, 0.29) is 23.5 Å². The number of thioether (sulfide) groups is 1. The lowest BCUT2D eigenvalue weighted by atomic mass is 9.97. The Balaban J connectivity index is 1.49. The van der Waals surface area contributed by atoms with E-state index in [0.717, 1.165) is 56.4 Å². The summed E-state index contributed by atoms with van der Waals surface area (Å²) in [4.78, 5) is 29.2. The van der Waals surface area contributed by atoms with Crippen LogP contribution in [0.2, 0.25) is 0 Å². The molecule has 0 saturated carbocycles. The fraction of sp³-hybridized carbons (Fsp3) is 0.579. The highest BCUT2D eigenvalue weighted by atomic mass is 32.2. The molecule has 2 aliphatic rings. The number of carbonyl (C=O) groups is 1. The van der Waals surface area contributed by atoms with Crippen LogP contribution < -0.4 is 11.0 Å². The van der Waals surface area contributed by atoms with Gasteiger partial charge in [-0.1, -0.05) is 16.9 Å². The Hall–Kier alpha value is -2.13. The van der Waals surface area contributed by atoms with Crippen molar-refractivity contribution in [2.24, 2.45) is 0 Å². The highest BCUT2D eigenvalue weighted by Gasteiger charge is 2.24. The highest BCUT2D eigenvalue weighted by Crippen LogP contribution is 2.29. The molecule has 8 nitrogen and oxygen atoms in total. The average Bonchev–Trinajstić information content (AvgIpc) is 3.34. The van der Waals surface area contributed by atoms with E-state index >= 15 is 0 Å². The third-order valence-corrected chi connectivity index (χ3v) is 6.11. The number of hydrogen-bond acceptors (Lipinski definition) is 7. The monoisotopic (exact) mass is 404 g/mol. The maximum Gasteiger partial charge on any atom is 0.348 e. The Kier molecular flexibility index (Phi) is 5.82.